The molecule has 4 nitrogen and oxygen atoms in total. The zero-order chi connectivity index (χ0) is 16.5. The molecule has 1 atom stereocenters. The molecule has 2 aliphatic rings. The van der Waals surface area contributed by atoms with E-state index in [1.807, 2.05) is 60.4 Å². The Labute approximate surface area is 141 Å². The van der Waals surface area contributed by atoms with Gasteiger partial charge in [-0.25, -0.2) is 0 Å². The van der Waals surface area contributed by atoms with E-state index in [-0.39, 0.29) is 11.9 Å². The smallest absolute Gasteiger partial charge is 0.277 e. The van der Waals surface area contributed by atoms with Gasteiger partial charge >= 0.3 is 0 Å². The van der Waals surface area contributed by atoms with Crippen LogP contribution in [-0.2, 0) is 4.79 Å². The Morgan fingerprint density at radius 3 is 2.42 bits per heavy atom. The quantitative estimate of drug-likeness (QED) is 0.925. The molecular formula is C20H19N3O. The number of hydrogen-bond donors (Lipinski definition) is 1. The first-order chi connectivity index (χ1) is 11.8. The van der Waals surface area contributed by atoms with Crippen LogP contribution in [0.5, 0.6) is 0 Å². The van der Waals surface area contributed by atoms with E-state index in [9.17, 15) is 4.79 Å². The molecule has 0 saturated carbocycles. The van der Waals surface area contributed by atoms with Gasteiger partial charge in [0, 0.05) is 23.5 Å². The summed E-state index contributed by atoms with van der Waals surface area (Å²) < 4.78 is 0. The summed E-state index contributed by atoms with van der Waals surface area (Å²) in [6.45, 7) is 3.42. The first kappa shape index (κ1) is 14.7. The summed E-state index contributed by atoms with van der Waals surface area (Å²) in [5.41, 5.74) is 4.61. The molecule has 0 spiro atoms. The fourth-order valence-corrected chi connectivity index (χ4v) is 3.45. The van der Waals surface area contributed by atoms with Gasteiger partial charge in [0.25, 0.3) is 5.91 Å². The van der Waals surface area contributed by atoms with Crippen molar-refractivity contribution in [1.82, 2.24) is 5.32 Å². The molecule has 0 aromatic heterocycles. The number of rotatable bonds is 2. The van der Waals surface area contributed by atoms with Crippen molar-refractivity contribution in [2.75, 3.05) is 18.0 Å². The zero-order valence-electron chi connectivity index (χ0n) is 13.6. The van der Waals surface area contributed by atoms with Crippen molar-refractivity contribution in [3.8, 4) is 0 Å². The third-order valence-corrected chi connectivity index (χ3v) is 4.53. The lowest BCUT2D eigenvalue weighted by atomic mass is 9.96. The minimum Gasteiger partial charge on any atom is -0.386 e. The zero-order valence-corrected chi connectivity index (χ0v) is 13.6. The maximum atomic E-state index is 13.2. The largest absolute Gasteiger partial charge is 0.386 e. The monoisotopic (exact) mass is 317 g/mol. The first-order valence-electron chi connectivity index (χ1n) is 8.20. The fourth-order valence-electron chi connectivity index (χ4n) is 3.45. The van der Waals surface area contributed by atoms with Gasteiger partial charge in [0.15, 0.2) is 0 Å². The van der Waals surface area contributed by atoms with Gasteiger partial charge in [0.1, 0.15) is 5.71 Å². The number of carbonyl (C=O) groups excluding carboxylic acids is 1. The van der Waals surface area contributed by atoms with Crippen LogP contribution in [0.4, 0.5) is 5.69 Å². The first-order valence-corrected chi connectivity index (χ1v) is 8.20. The molecule has 0 aliphatic carbocycles. The molecule has 1 fully saturated rings. The van der Waals surface area contributed by atoms with Crippen LogP contribution >= 0.6 is 0 Å². The van der Waals surface area contributed by atoms with Crippen LogP contribution in [0.25, 0.3) is 0 Å². The van der Waals surface area contributed by atoms with E-state index in [1.165, 1.54) is 0 Å². The standard InChI is InChI=1S/C20H19N3O/c1-14-17-18(22-13-12-21-14)20(24)23(16-10-6-3-7-11-16)19(17)15-8-4-2-5-9-15/h2-11,19,21H,12-13H2,1H3/t19-/m0/s1. The highest BCUT2D eigenvalue weighted by atomic mass is 16.2. The van der Waals surface area contributed by atoms with E-state index in [0.717, 1.165) is 29.1 Å². The number of amides is 1. The molecule has 2 aromatic carbocycles. The molecule has 1 N–H and O–H groups in total. The van der Waals surface area contributed by atoms with Crippen molar-refractivity contribution in [2.45, 2.75) is 13.0 Å². The fraction of sp³-hybridized carbons (Fsp3) is 0.200. The number of fused-ring (bicyclic) bond motifs is 1. The second-order valence-electron chi connectivity index (χ2n) is 6.02. The average molecular weight is 317 g/mol. The number of carbonyl (C=O) groups is 1. The summed E-state index contributed by atoms with van der Waals surface area (Å²) in [5.74, 6) is -0.0203. The van der Waals surface area contributed by atoms with Gasteiger partial charge in [-0.05, 0) is 24.6 Å². The van der Waals surface area contributed by atoms with Crippen LogP contribution in [0.15, 0.2) is 76.9 Å². The Kier molecular flexibility index (Phi) is 3.65. The topological polar surface area (TPSA) is 44.7 Å². The predicted molar refractivity (Wildman–Crippen MR) is 96.1 cm³/mol. The predicted octanol–water partition coefficient (Wildman–Crippen LogP) is 3.09. The molecule has 120 valence electrons. The Balaban J connectivity index is 1.94. The minimum absolute atomic E-state index is 0.0203. The summed E-state index contributed by atoms with van der Waals surface area (Å²) in [6, 6.07) is 19.8. The van der Waals surface area contributed by atoms with Gasteiger partial charge in [-0.2, -0.15) is 0 Å². The highest BCUT2D eigenvalue weighted by Crippen LogP contribution is 2.41. The number of aliphatic imine (C=N–C) groups is 1. The highest BCUT2D eigenvalue weighted by Gasteiger charge is 2.44. The van der Waals surface area contributed by atoms with E-state index in [4.69, 9.17) is 0 Å². The summed E-state index contributed by atoms with van der Waals surface area (Å²) in [5, 5.41) is 3.39. The summed E-state index contributed by atoms with van der Waals surface area (Å²) >= 11 is 0. The van der Waals surface area contributed by atoms with Crippen molar-refractivity contribution in [2.24, 2.45) is 4.99 Å². The van der Waals surface area contributed by atoms with Crippen LogP contribution < -0.4 is 10.2 Å². The van der Waals surface area contributed by atoms with Crippen LogP contribution in [0.1, 0.15) is 18.5 Å². The van der Waals surface area contributed by atoms with E-state index >= 15 is 0 Å². The van der Waals surface area contributed by atoms with Crippen molar-refractivity contribution in [1.29, 1.82) is 0 Å². The van der Waals surface area contributed by atoms with Gasteiger partial charge in [0.2, 0.25) is 0 Å². The van der Waals surface area contributed by atoms with Crippen LogP contribution in [0.2, 0.25) is 0 Å². The van der Waals surface area contributed by atoms with Crippen LogP contribution in [0.3, 0.4) is 0 Å². The number of nitrogens with one attached hydrogen (secondary N) is 1. The number of benzene rings is 2. The third-order valence-electron chi connectivity index (χ3n) is 4.53. The molecule has 0 unspecified atom stereocenters. The van der Waals surface area contributed by atoms with E-state index in [2.05, 4.69) is 22.4 Å². The highest BCUT2D eigenvalue weighted by molar-refractivity contribution is 6.53. The Morgan fingerprint density at radius 1 is 1.04 bits per heavy atom. The Hall–Kier alpha value is -2.88. The second-order valence-corrected chi connectivity index (χ2v) is 6.02. The van der Waals surface area contributed by atoms with Crippen molar-refractivity contribution in [3.63, 3.8) is 0 Å². The molecule has 24 heavy (non-hydrogen) atoms. The maximum absolute atomic E-state index is 13.2. The SMILES string of the molecule is CC1=C2C(=NCCN1)C(=O)N(c1ccccc1)[C@H]2c1ccccc1. The average Bonchev–Trinajstić information content (AvgIpc) is 2.78. The molecule has 4 rings (SSSR count). The molecule has 0 radical (unpaired) electrons. The molecule has 2 aromatic rings. The number of anilines is 1. The summed E-state index contributed by atoms with van der Waals surface area (Å²) in [4.78, 5) is 19.6. The van der Waals surface area contributed by atoms with Crippen molar-refractivity contribution >= 4 is 17.3 Å². The summed E-state index contributed by atoms with van der Waals surface area (Å²) in [7, 11) is 0. The normalized spacial score (nSPS) is 20.4. The van der Waals surface area contributed by atoms with E-state index in [0.29, 0.717) is 12.3 Å². The second kappa shape index (κ2) is 5.96. The van der Waals surface area contributed by atoms with Gasteiger partial charge in [-0.3, -0.25) is 14.7 Å². The molecule has 4 heteroatoms. The molecule has 1 saturated heterocycles. The van der Waals surface area contributed by atoms with Gasteiger partial charge in [-0.15, -0.1) is 0 Å². The summed E-state index contributed by atoms with van der Waals surface area (Å²) in [6.07, 6.45) is 0. The van der Waals surface area contributed by atoms with E-state index in [1.54, 1.807) is 0 Å². The Bertz CT molecular complexity index is 824. The lowest BCUT2D eigenvalue weighted by molar-refractivity contribution is -0.112. The van der Waals surface area contributed by atoms with Crippen molar-refractivity contribution in [3.05, 3.63) is 77.5 Å². The van der Waals surface area contributed by atoms with Crippen molar-refractivity contribution < 1.29 is 4.79 Å². The maximum Gasteiger partial charge on any atom is 0.277 e. The van der Waals surface area contributed by atoms with Crippen LogP contribution in [-0.4, -0.2) is 24.7 Å². The third kappa shape index (κ3) is 2.31. The number of para-hydroxylation sites is 1. The number of nitrogens with zero attached hydrogens (tertiary/aromatic N) is 2. The van der Waals surface area contributed by atoms with E-state index < -0.39 is 0 Å². The lowest BCUT2D eigenvalue weighted by Crippen LogP contribution is -2.30. The molecular weight excluding hydrogens is 298 g/mol. The van der Waals surface area contributed by atoms with Gasteiger partial charge in [-0.1, -0.05) is 48.5 Å². The molecule has 1 amide bonds. The number of allylic oxidation sites excluding steroid dienone is 1. The number of hydrogen-bond acceptors (Lipinski definition) is 3. The Morgan fingerprint density at radius 2 is 1.71 bits per heavy atom. The van der Waals surface area contributed by atoms with Gasteiger partial charge < -0.3 is 5.32 Å². The minimum atomic E-state index is -0.148. The molecule has 2 heterocycles. The van der Waals surface area contributed by atoms with Gasteiger partial charge in [0.05, 0.1) is 12.6 Å². The molecule has 0 bridgehead atoms. The van der Waals surface area contributed by atoms with Crippen LogP contribution in [0, 0.1) is 0 Å². The lowest BCUT2D eigenvalue weighted by Gasteiger charge is -2.26. The molecule has 2 aliphatic heterocycles.